The first-order chi connectivity index (χ1) is 28.2. The van der Waals surface area contributed by atoms with Gasteiger partial charge in [-0.2, -0.15) is 0 Å². The van der Waals surface area contributed by atoms with Gasteiger partial charge in [-0.25, -0.2) is 15.0 Å². The van der Waals surface area contributed by atoms with E-state index in [4.69, 9.17) is 15.0 Å². The highest BCUT2D eigenvalue weighted by molar-refractivity contribution is 7.26. The Morgan fingerprint density at radius 2 is 0.912 bits per heavy atom. The molecule has 3 heterocycles. The lowest BCUT2D eigenvalue weighted by Crippen LogP contribution is -1.97. The van der Waals surface area contributed by atoms with Crippen LogP contribution >= 0.6 is 11.3 Å². The molecule has 0 spiro atoms. The van der Waals surface area contributed by atoms with Gasteiger partial charge in [0.15, 0.2) is 5.82 Å². The summed E-state index contributed by atoms with van der Waals surface area (Å²) in [5, 5.41) is 6.06. The maximum atomic E-state index is 5.30. The van der Waals surface area contributed by atoms with E-state index in [1.165, 1.54) is 47.6 Å². The summed E-state index contributed by atoms with van der Waals surface area (Å²) in [7, 11) is 0. The average Bonchev–Trinajstić information content (AvgIpc) is 3.67. The SMILES string of the molecule is c1ccc(-c2ccc(-c3cc(-c4cc(-c5ccc6cc7ccccc7cc6n5)cc(-c5cccc6c5sc5ccccc56)c4)nc(-c4ccccc4)n3)cc2)cc1. The second kappa shape index (κ2) is 13.8. The molecule has 0 saturated heterocycles. The Kier molecular flexibility index (Phi) is 8.01. The highest BCUT2D eigenvalue weighted by Crippen LogP contribution is 2.42. The molecule has 266 valence electrons. The molecule has 0 aliphatic carbocycles. The highest BCUT2D eigenvalue weighted by Gasteiger charge is 2.17. The smallest absolute Gasteiger partial charge is 0.160 e. The number of benzene rings is 8. The monoisotopic (exact) mass is 743 g/mol. The van der Waals surface area contributed by atoms with Crippen molar-refractivity contribution in [3.8, 4) is 67.4 Å². The second-order valence-corrected chi connectivity index (χ2v) is 15.5. The van der Waals surface area contributed by atoms with Crippen LogP contribution in [0.2, 0.25) is 0 Å². The molecule has 0 aliphatic heterocycles. The lowest BCUT2D eigenvalue weighted by Gasteiger charge is -2.14. The van der Waals surface area contributed by atoms with Crippen molar-refractivity contribution in [3.63, 3.8) is 0 Å². The molecule has 3 aromatic heterocycles. The first-order valence-corrected chi connectivity index (χ1v) is 20.0. The summed E-state index contributed by atoms with van der Waals surface area (Å²) in [5.74, 6) is 0.685. The molecule has 0 fully saturated rings. The van der Waals surface area contributed by atoms with Crippen LogP contribution in [0.4, 0.5) is 0 Å². The van der Waals surface area contributed by atoms with Gasteiger partial charge >= 0.3 is 0 Å². The van der Waals surface area contributed by atoms with E-state index in [-0.39, 0.29) is 0 Å². The summed E-state index contributed by atoms with van der Waals surface area (Å²) in [6.45, 7) is 0. The largest absolute Gasteiger partial charge is 0.248 e. The molecule has 0 atom stereocenters. The molecule has 4 heteroatoms. The van der Waals surface area contributed by atoms with E-state index in [0.29, 0.717) is 5.82 Å². The minimum atomic E-state index is 0.685. The van der Waals surface area contributed by atoms with E-state index in [9.17, 15) is 0 Å². The van der Waals surface area contributed by atoms with Gasteiger partial charge in [-0.1, -0.05) is 152 Å². The van der Waals surface area contributed by atoms with Gasteiger partial charge in [0.05, 0.1) is 22.6 Å². The lowest BCUT2D eigenvalue weighted by atomic mass is 9.95. The van der Waals surface area contributed by atoms with Crippen LogP contribution in [0.15, 0.2) is 200 Å². The quantitative estimate of drug-likeness (QED) is 0.159. The van der Waals surface area contributed by atoms with Crippen LogP contribution in [-0.2, 0) is 0 Å². The van der Waals surface area contributed by atoms with Crippen molar-refractivity contribution in [2.24, 2.45) is 0 Å². The molecule has 57 heavy (non-hydrogen) atoms. The molecule has 11 rings (SSSR count). The van der Waals surface area contributed by atoms with Crippen LogP contribution < -0.4 is 0 Å². The van der Waals surface area contributed by atoms with Crippen LogP contribution in [0.25, 0.3) is 109 Å². The Hall–Kier alpha value is -7.27. The minimum absolute atomic E-state index is 0.685. The van der Waals surface area contributed by atoms with Gasteiger partial charge in [0, 0.05) is 47.8 Å². The van der Waals surface area contributed by atoms with E-state index in [1.807, 2.05) is 35.6 Å². The standard InChI is InChI=1S/C53H33N3S/c1-3-12-34(13-4-1)35-22-24-36(25-23-35)49-33-50(56-53(55-49)37-14-5-2-6-15-37)43-30-41(44-19-11-20-46-45-18-9-10-21-51(45)57-52(44)46)29-42(31-43)47-27-26-40-28-38-16-7-8-17-39(38)32-48(40)54-47/h1-33H. The summed E-state index contributed by atoms with van der Waals surface area (Å²) < 4.78 is 2.55. The van der Waals surface area contributed by atoms with Crippen LogP contribution in [0, 0.1) is 0 Å². The fraction of sp³-hybridized carbons (Fsp3) is 0. The van der Waals surface area contributed by atoms with Crippen molar-refractivity contribution >= 4 is 53.2 Å². The van der Waals surface area contributed by atoms with Gasteiger partial charge in [-0.05, 0) is 81.6 Å². The Labute approximate surface area is 334 Å². The van der Waals surface area contributed by atoms with Crippen molar-refractivity contribution in [2.75, 3.05) is 0 Å². The summed E-state index contributed by atoms with van der Waals surface area (Å²) in [6, 6.07) is 71.0. The minimum Gasteiger partial charge on any atom is -0.248 e. The van der Waals surface area contributed by atoms with Crippen molar-refractivity contribution in [1.29, 1.82) is 0 Å². The Morgan fingerprint density at radius 3 is 1.70 bits per heavy atom. The zero-order valence-corrected chi connectivity index (χ0v) is 31.6. The predicted molar refractivity (Wildman–Crippen MR) is 240 cm³/mol. The van der Waals surface area contributed by atoms with Crippen molar-refractivity contribution in [3.05, 3.63) is 200 Å². The zero-order valence-electron chi connectivity index (χ0n) is 30.8. The van der Waals surface area contributed by atoms with Gasteiger partial charge in [-0.3, -0.25) is 0 Å². The topological polar surface area (TPSA) is 38.7 Å². The van der Waals surface area contributed by atoms with Crippen LogP contribution in [0.1, 0.15) is 0 Å². The van der Waals surface area contributed by atoms with E-state index < -0.39 is 0 Å². The number of thiophene rings is 1. The number of pyridine rings is 1. The molecule has 0 aliphatic rings. The van der Waals surface area contributed by atoms with Gasteiger partial charge in [0.2, 0.25) is 0 Å². The lowest BCUT2D eigenvalue weighted by molar-refractivity contribution is 1.18. The van der Waals surface area contributed by atoms with Gasteiger partial charge in [0.25, 0.3) is 0 Å². The van der Waals surface area contributed by atoms with Crippen LogP contribution in [-0.4, -0.2) is 15.0 Å². The summed E-state index contributed by atoms with van der Waals surface area (Å²) in [4.78, 5) is 15.7. The molecule has 0 N–H and O–H groups in total. The number of fused-ring (bicyclic) bond motifs is 5. The van der Waals surface area contributed by atoms with Crippen molar-refractivity contribution in [2.45, 2.75) is 0 Å². The van der Waals surface area contributed by atoms with E-state index in [2.05, 4.69) is 176 Å². The molecule has 0 saturated carbocycles. The summed E-state index contributed by atoms with van der Waals surface area (Å²) >= 11 is 1.85. The van der Waals surface area contributed by atoms with E-state index in [1.54, 1.807) is 0 Å². The van der Waals surface area contributed by atoms with Gasteiger partial charge in [-0.15, -0.1) is 11.3 Å². The van der Waals surface area contributed by atoms with E-state index in [0.717, 1.165) is 55.8 Å². The first kappa shape index (κ1) is 33.1. The summed E-state index contributed by atoms with van der Waals surface area (Å²) in [6.07, 6.45) is 0. The zero-order chi connectivity index (χ0) is 37.7. The van der Waals surface area contributed by atoms with Crippen molar-refractivity contribution in [1.82, 2.24) is 15.0 Å². The molecular weight excluding hydrogens is 711 g/mol. The predicted octanol–water partition coefficient (Wildman–Crippen LogP) is 14.5. The molecule has 8 aromatic carbocycles. The van der Waals surface area contributed by atoms with Gasteiger partial charge in [0.1, 0.15) is 0 Å². The first-order valence-electron chi connectivity index (χ1n) is 19.2. The average molecular weight is 744 g/mol. The summed E-state index contributed by atoms with van der Waals surface area (Å²) in [5.41, 5.74) is 12.3. The number of rotatable bonds is 6. The fourth-order valence-electron chi connectivity index (χ4n) is 7.95. The Balaban J connectivity index is 1.12. The Morgan fingerprint density at radius 1 is 0.316 bits per heavy atom. The second-order valence-electron chi connectivity index (χ2n) is 14.4. The molecule has 0 radical (unpaired) electrons. The van der Waals surface area contributed by atoms with Crippen molar-refractivity contribution < 1.29 is 0 Å². The third-order valence-electron chi connectivity index (χ3n) is 10.8. The molecule has 3 nitrogen and oxygen atoms in total. The number of hydrogen-bond acceptors (Lipinski definition) is 4. The van der Waals surface area contributed by atoms with Gasteiger partial charge < -0.3 is 0 Å². The highest BCUT2D eigenvalue weighted by atomic mass is 32.1. The molecule has 0 bridgehead atoms. The maximum absolute atomic E-state index is 5.30. The maximum Gasteiger partial charge on any atom is 0.160 e. The molecular formula is C53H33N3S. The fourth-order valence-corrected chi connectivity index (χ4v) is 9.19. The Bertz CT molecular complexity index is 3280. The van der Waals surface area contributed by atoms with Crippen LogP contribution in [0.3, 0.4) is 0 Å². The molecule has 11 aromatic rings. The number of hydrogen-bond donors (Lipinski definition) is 0. The van der Waals surface area contributed by atoms with Crippen LogP contribution in [0.5, 0.6) is 0 Å². The number of nitrogens with zero attached hydrogens (tertiary/aromatic N) is 3. The normalized spacial score (nSPS) is 11.5. The number of aromatic nitrogens is 3. The molecule has 0 amide bonds. The third-order valence-corrected chi connectivity index (χ3v) is 12.1. The third kappa shape index (κ3) is 6.13. The molecule has 0 unspecified atom stereocenters. The van der Waals surface area contributed by atoms with E-state index >= 15 is 0 Å².